The van der Waals surface area contributed by atoms with Crippen LogP contribution in [0.3, 0.4) is 0 Å². The molecule has 1 N–H and O–H groups in total. The van der Waals surface area contributed by atoms with Crippen molar-refractivity contribution in [1.82, 2.24) is 0 Å². The summed E-state index contributed by atoms with van der Waals surface area (Å²) in [5.74, 6) is 0. The lowest BCUT2D eigenvalue weighted by Crippen LogP contribution is -1.93. The van der Waals surface area contributed by atoms with Crippen molar-refractivity contribution in [2.24, 2.45) is 0 Å². The van der Waals surface area contributed by atoms with Gasteiger partial charge < -0.3 is 5.11 Å². The molecule has 0 amide bonds. The van der Waals surface area contributed by atoms with E-state index in [0.717, 1.165) is 25.7 Å². The van der Waals surface area contributed by atoms with Gasteiger partial charge in [0.25, 0.3) is 0 Å². The fourth-order valence-corrected chi connectivity index (χ4v) is 2.86. The molecule has 1 nitrogen and oxygen atoms in total. The molecule has 1 atom stereocenters. The zero-order chi connectivity index (χ0) is 9.97. The number of thiophene rings is 1. The molecule has 0 spiro atoms. The first-order valence-corrected chi connectivity index (χ1v) is 6.05. The van der Waals surface area contributed by atoms with Gasteiger partial charge in [0.15, 0.2) is 0 Å². The number of hydrogen-bond acceptors (Lipinski definition) is 2. The maximum atomic E-state index is 9.36. The van der Waals surface area contributed by atoms with Gasteiger partial charge in [0.05, 0.1) is 6.10 Å². The van der Waals surface area contributed by atoms with Crippen LogP contribution in [-0.2, 0) is 12.8 Å². The minimum absolute atomic E-state index is 0.185. The second-order valence-electron chi connectivity index (χ2n) is 3.83. The Morgan fingerprint density at radius 3 is 2.79 bits per heavy atom. The first-order valence-electron chi connectivity index (χ1n) is 5.23. The van der Waals surface area contributed by atoms with Crippen LogP contribution in [0.25, 0.3) is 0 Å². The third kappa shape index (κ3) is 2.25. The smallest absolute Gasteiger partial charge is 0.0726 e. The summed E-state index contributed by atoms with van der Waals surface area (Å²) in [4.78, 5) is 2.89. The fraction of sp³-hybridized carbons (Fsp3) is 0.500. The highest BCUT2D eigenvalue weighted by Gasteiger charge is 2.13. The molecule has 2 rings (SSSR count). The van der Waals surface area contributed by atoms with Crippen LogP contribution in [0.4, 0.5) is 0 Å². The van der Waals surface area contributed by atoms with Gasteiger partial charge in [-0.1, -0.05) is 18.6 Å². The molecule has 0 aliphatic heterocycles. The summed E-state index contributed by atoms with van der Waals surface area (Å²) in [7, 11) is 0. The largest absolute Gasteiger partial charge is 0.389 e. The van der Waals surface area contributed by atoms with Gasteiger partial charge in [-0.15, -0.1) is 11.3 Å². The first kappa shape index (κ1) is 9.94. The third-order valence-electron chi connectivity index (χ3n) is 2.66. The Bertz CT molecular complexity index is 338. The van der Waals surface area contributed by atoms with Crippen LogP contribution in [0.1, 0.15) is 29.5 Å². The van der Waals surface area contributed by atoms with Crippen LogP contribution in [0.15, 0.2) is 23.8 Å². The molecular weight excluding hydrogens is 192 g/mol. The molecule has 14 heavy (non-hydrogen) atoms. The minimum Gasteiger partial charge on any atom is -0.389 e. The van der Waals surface area contributed by atoms with E-state index in [0.29, 0.717) is 0 Å². The molecule has 76 valence electrons. The van der Waals surface area contributed by atoms with Gasteiger partial charge >= 0.3 is 0 Å². The standard InChI is InChI=1S/C12H16OS/c1-2-11-5-6-12(14-11)8-9-3-4-10(13)7-9/h5-7,10,13H,2-4,8H2,1H3. The summed E-state index contributed by atoms with van der Waals surface area (Å²) in [5.41, 5.74) is 1.40. The van der Waals surface area contributed by atoms with Crippen molar-refractivity contribution < 1.29 is 5.11 Å². The highest BCUT2D eigenvalue weighted by molar-refractivity contribution is 7.12. The van der Waals surface area contributed by atoms with Crippen molar-refractivity contribution in [2.45, 2.75) is 38.7 Å². The molecule has 0 saturated heterocycles. The number of aryl methyl sites for hydroxylation is 1. The number of rotatable bonds is 3. The molecule has 0 radical (unpaired) electrons. The predicted molar refractivity (Wildman–Crippen MR) is 60.7 cm³/mol. The number of hydrogen-bond donors (Lipinski definition) is 1. The van der Waals surface area contributed by atoms with Crippen molar-refractivity contribution in [3.8, 4) is 0 Å². The third-order valence-corrected chi connectivity index (χ3v) is 3.89. The minimum atomic E-state index is -0.185. The normalized spacial score (nSPS) is 21.3. The molecule has 1 aliphatic rings. The highest BCUT2D eigenvalue weighted by Crippen LogP contribution is 2.26. The monoisotopic (exact) mass is 208 g/mol. The topological polar surface area (TPSA) is 20.2 Å². The van der Waals surface area contributed by atoms with Crippen molar-refractivity contribution in [1.29, 1.82) is 0 Å². The average molecular weight is 208 g/mol. The van der Waals surface area contributed by atoms with Gasteiger partial charge in [0.1, 0.15) is 0 Å². The molecule has 1 heterocycles. The number of aliphatic hydroxyl groups is 1. The number of aliphatic hydroxyl groups excluding tert-OH is 1. The second-order valence-corrected chi connectivity index (χ2v) is 5.08. The first-order chi connectivity index (χ1) is 6.78. The van der Waals surface area contributed by atoms with Crippen molar-refractivity contribution in [3.63, 3.8) is 0 Å². The summed E-state index contributed by atoms with van der Waals surface area (Å²) in [6.07, 6.45) is 6.00. The van der Waals surface area contributed by atoms with E-state index in [-0.39, 0.29) is 6.10 Å². The van der Waals surface area contributed by atoms with Crippen LogP contribution in [0.2, 0.25) is 0 Å². The van der Waals surface area contributed by atoms with Gasteiger partial charge in [-0.3, -0.25) is 0 Å². The molecule has 1 aromatic heterocycles. The Kier molecular flexibility index (Phi) is 3.04. The van der Waals surface area contributed by atoms with Gasteiger partial charge in [0.2, 0.25) is 0 Å². The second kappa shape index (κ2) is 4.28. The lowest BCUT2D eigenvalue weighted by atomic mass is 10.1. The Morgan fingerprint density at radius 2 is 2.21 bits per heavy atom. The molecule has 0 saturated carbocycles. The van der Waals surface area contributed by atoms with E-state index < -0.39 is 0 Å². The van der Waals surface area contributed by atoms with E-state index in [9.17, 15) is 5.11 Å². The fourth-order valence-electron chi connectivity index (χ4n) is 1.85. The highest BCUT2D eigenvalue weighted by atomic mass is 32.1. The van der Waals surface area contributed by atoms with Gasteiger partial charge in [0, 0.05) is 16.2 Å². The van der Waals surface area contributed by atoms with Crippen LogP contribution >= 0.6 is 11.3 Å². The van der Waals surface area contributed by atoms with Gasteiger partial charge in [-0.2, -0.15) is 0 Å². The predicted octanol–water partition coefficient (Wildman–Crippen LogP) is 2.93. The van der Waals surface area contributed by atoms with Gasteiger partial charge in [-0.25, -0.2) is 0 Å². The maximum absolute atomic E-state index is 9.36. The molecule has 1 unspecified atom stereocenters. The molecular formula is C12H16OS. The zero-order valence-corrected chi connectivity index (χ0v) is 9.31. The molecule has 1 aromatic rings. The number of allylic oxidation sites excluding steroid dienone is 1. The van der Waals surface area contributed by atoms with Crippen molar-refractivity contribution >= 4 is 11.3 Å². The summed E-state index contributed by atoms with van der Waals surface area (Å²) in [6, 6.07) is 4.43. The van der Waals surface area contributed by atoms with E-state index in [2.05, 4.69) is 19.1 Å². The summed E-state index contributed by atoms with van der Waals surface area (Å²) in [6.45, 7) is 2.19. The Balaban J connectivity index is 2.00. The average Bonchev–Trinajstić information content (AvgIpc) is 2.76. The van der Waals surface area contributed by atoms with Crippen molar-refractivity contribution in [3.05, 3.63) is 33.5 Å². The zero-order valence-electron chi connectivity index (χ0n) is 8.49. The summed E-state index contributed by atoms with van der Waals surface area (Å²) < 4.78 is 0. The lowest BCUT2D eigenvalue weighted by Gasteiger charge is -1.96. The van der Waals surface area contributed by atoms with Crippen molar-refractivity contribution in [2.75, 3.05) is 0 Å². The van der Waals surface area contributed by atoms with E-state index in [1.807, 2.05) is 17.4 Å². The quantitative estimate of drug-likeness (QED) is 0.757. The lowest BCUT2D eigenvalue weighted by molar-refractivity contribution is 0.223. The molecule has 0 aromatic carbocycles. The summed E-state index contributed by atoms with van der Waals surface area (Å²) >= 11 is 1.90. The Labute approximate surface area is 89.1 Å². The van der Waals surface area contributed by atoms with E-state index >= 15 is 0 Å². The molecule has 0 bridgehead atoms. The molecule has 1 aliphatic carbocycles. The SMILES string of the molecule is CCc1ccc(CC2=CC(O)CC2)s1. The Morgan fingerprint density at radius 1 is 1.43 bits per heavy atom. The molecule has 0 fully saturated rings. The summed E-state index contributed by atoms with van der Waals surface area (Å²) in [5, 5.41) is 9.36. The molecule has 2 heteroatoms. The van der Waals surface area contributed by atoms with Gasteiger partial charge in [-0.05, 0) is 31.4 Å². The Hall–Kier alpha value is -0.600. The van der Waals surface area contributed by atoms with Crippen LogP contribution < -0.4 is 0 Å². The van der Waals surface area contributed by atoms with Crippen LogP contribution in [0, 0.1) is 0 Å². The van der Waals surface area contributed by atoms with E-state index in [1.165, 1.54) is 15.3 Å². The van der Waals surface area contributed by atoms with E-state index in [1.54, 1.807) is 0 Å². The van der Waals surface area contributed by atoms with Crippen LogP contribution in [0.5, 0.6) is 0 Å². The van der Waals surface area contributed by atoms with E-state index in [4.69, 9.17) is 0 Å². The van der Waals surface area contributed by atoms with Crippen LogP contribution in [-0.4, -0.2) is 11.2 Å². The maximum Gasteiger partial charge on any atom is 0.0726 e.